The minimum absolute atomic E-state index is 0.0376. The molecule has 1 heterocycles. The number of nitrogens with two attached hydrogens (primary N) is 1. The van der Waals surface area contributed by atoms with Crippen molar-refractivity contribution in [1.82, 2.24) is 5.43 Å². The first-order valence-corrected chi connectivity index (χ1v) is 4.90. The molecule has 0 atom stereocenters. The van der Waals surface area contributed by atoms with Gasteiger partial charge >= 0.3 is 6.03 Å². The first kappa shape index (κ1) is 10.4. The molecule has 0 unspecified atom stereocenters. The van der Waals surface area contributed by atoms with Crippen molar-refractivity contribution in [3.8, 4) is 0 Å². The summed E-state index contributed by atoms with van der Waals surface area (Å²) in [7, 11) is 0. The SMILES string of the molecule is NC(=O)Nc1ccc(N2NCCC2=O)cc1. The molecule has 0 radical (unpaired) electrons. The lowest BCUT2D eigenvalue weighted by atomic mass is 10.2. The highest BCUT2D eigenvalue weighted by atomic mass is 16.2. The van der Waals surface area contributed by atoms with E-state index in [0.717, 1.165) is 5.69 Å². The van der Waals surface area contributed by atoms with E-state index in [1.807, 2.05) is 0 Å². The Balaban J connectivity index is 2.12. The standard InChI is InChI=1S/C10H12N4O2/c11-10(16)13-7-1-3-8(4-2-7)14-9(15)5-6-12-14/h1-4,12H,5-6H2,(H3,11,13,16). The summed E-state index contributed by atoms with van der Waals surface area (Å²) in [6.45, 7) is 0.653. The third-order valence-corrected chi connectivity index (χ3v) is 2.25. The molecule has 1 fully saturated rings. The monoisotopic (exact) mass is 220 g/mol. The molecule has 1 aromatic rings. The predicted molar refractivity (Wildman–Crippen MR) is 59.8 cm³/mol. The van der Waals surface area contributed by atoms with Crippen molar-refractivity contribution in [1.29, 1.82) is 0 Å². The molecule has 6 nitrogen and oxygen atoms in total. The van der Waals surface area contributed by atoms with Crippen LogP contribution in [0.2, 0.25) is 0 Å². The zero-order chi connectivity index (χ0) is 11.5. The fraction of sp³-hybridized carbons (Fsp3) is 0.200. The van der Waals surface area contributed by atoms with Gasteiger partial charge in [-0.2, -0.15) is 0 Å². The van der Waals surface area contributed by atoms with Gasteiger partial charge in [-0.1, -0.05) is 0 Å². The largest absolute Gasteiger partial charge is 0.351 e. The molecule has 1 aliphatic heterocycles. The molecular weight excluding hydrogens is 208 g/mol. The van der Waals surface area contributed by atoms with Crippen LogP contribution in [0.4, 0.5) is 16.2 Å². The van der Waals surface area contributed by atoms with Crippen molar-refractivity contribution in [3.05, 3.63) is 24.3 Å². The number of hydrazine groups is 1. The van der Waals surface area contributed by atoms with Crippen LogP contribution in [0.5, 0.6) is 0 Å². The highest BCUT2D eigenvalue weighted by molar-refractivity contribution is 5.95. The molecule has 1 aromatic carbocycles. The molecule has 16 heavy (non-hydrogen) atoms. The van der Waals surface area contributed by atoms with Gasteiger partial charge in [-0.3, -0.25) is 4.79 Å². The molecule has 0 aromatic heterocycles. The summed E-state index contributed by atoms with van der Waals surface area (Å²) < 4.78 is 0. The Labute approximate surface area is 92.4 Å². The molecule has 84 valence electrons. The molecular formula is C10H12N4O2. The zero-order valence-corrected chi connectivity index (χ0v) is 8.56. The highest BCUT2D eigenvalue weighted by Crippen LogP contribution is 2.19. The van der Waals surface area contributed by atoms with E-state index in [2.05, 4.69) is 10.7 Å². The van der Waals surface area contributed by atoms with Crippen molar-refractivity contribution in [2.24, 2.45) is 5.73 Å². The van der Waals surface area contributed by atoms with Crippen LogP contribution >= 0.6 is 0 Å². The Bertz CT molecular complexity index is 415. The van der Waals surface area contributed by atoms with Gasteiger partial charge in [-0.25, -0.2) is 15.2 Å². The lowest BCUT2D eigenvalue weighted by molar-refractivity contribution is -0.117. The van der Waals surface area contributed by atoms with Crippen molar-refractivity contribution in [3.63, 3.8) is 0 Å². The molecule has 3 amide bonds. The first-order valence-electron chi connectivity index (χ1n) is 4.90. The second-order valence-corrected chi connectivity index (χ2v) is 3.42. The van der Waals surface area contributed by atoms with Crippen molar-refractivity contribution in [2.75, 3.05) is 16.9 Å². The van der Waals surface area contributed by atoms with Crippen LogP contribution in [0, 0.1) is 0 Å². The average molecular weight is 220 g/mol. The molecule has 1 aliphatic rings. The molecule has 0 spiro atoms. The van der Waals surface area contributed by atoms with Gasteiger partial charge in [0, 0.05) is 18.7 Å². The van der Waals surface area contributed by atoms with E-state index in [-0.39, 0.29) is 5.91 Å². The Morgan fingerprint density at radius 2 is 2.06 bits per heavy atom. The number of carbonyl (C=O) groups excluding carboxylic acids is 2. The van der Waals surface area contributed by atoms with Gasteiger partial charge in [-0.15, -0.1) is 0 Å². The summed E-state index contributed by atoms with van der Waals surface area (Å²) in [5.74, 6) is 0.0376. The Hall–Kier alpha value is -2.08. The van der Waals surface area contributed by atoms with Crippen LogP contribution in [0.15, 0.2) is 24.3 Å². The molecule has 2 rings (SSSR count). The van der Waals surface area contributed by atoms with Crippen LogP contribution in [-0.4, -0.2) is 18.5 Å². The van der Waals surface area contributed by atoms with Crippen molar-refractivity contribution >= 4 is 23.3 Å². The number of anilines is 2. The minimum atomic E-state index is -0.608. The summed E-state index contributed by atoms with van der Waals surface area (Å²) in [6, 6.07) is 6.24. The highest BCUT2D eigenvalue weighted by Gasteiger charge is 2.20. The lowest BCUT2D eigenvalue weighted by Crippen LogP contribution is -2.33. The number of amides is 3. The van der Waals surface area contributed by atoms with Gasteiger partial charge in [0.15, 0.2) is 0 Å². The number of hydrogen-bond acceptors (Lipinski definition) is 3. The van der Waals surface area contributed by atoms with E-state index >= 15 is 0 Å². The Morgan fingerprint density at radius 1 is 1.38 bits per heavy atom. The van der Waals surface area contributed by atoms with E-state index in [1.54, 1.807) is 24.3 Å². The number of benzene rings is 1. The van der Waals surface area contributed by atoms with Gasteiger partial charge in [-0.05, 0) is 24.3 Å². The van der Waals surface area contributed by atoms with Crippen LogP contribution in [0.1, 0.15) is 6.42 Å². The van der Waals surface area contributed by atoms with Crippen molar-refractivity contribution in [2.45, 2.75) is 6.42 Å². The second kappa shape index (κ2) is 4.19. The van der Waals surface area contributed by atoms with Crippen LogP contribution < -0.4 is 21.5 Å². The van der Waals surface area contributed by atoms with Gasteiger partial charge in [0.05, 0.1) is 5.69 Å². The summed E-state index contributed by atoms with van der Waals surface area (Å²) in [5.41, 5.74) is 9.28. The number of nitrogens with zero attached hydrogens (tertiary/aromatic N) is 1. The van der Waals surface area contributed by atoms with Crippen LogP contribution in [0.25, 0.3) is 0 Å². The summed E-state index contributed by atoms with van der Waals surface area (Å²) >= 11 is 0. The second-order valence-electron chi connectivity index (χ2n) is 3.42. The van der Waals surface area contributed by atoms with Crippen LogP contribution in [0.3, 0.4) is 0 Å². The van der Waals surface area contributed by atoms with E-state index in [4.69, 9.17) is 5.73 Å². The van der Waals surface area contributed by atoms with Crippen LogP contribution in [-0.2, 0) is 4.79 Å². The lowest BCUT2D eigenvalue weighted by Gasteiger charge is -2.15. The number of rotatable bonds is 2. The summed E-state index contributed by atoms with van der Waals surface area (Å²) in [5, 5.41) is 3.94. The van der Waals surface area contributed by atoms with Gasteiger partial charge in [0.2, 0.25) is 5.91 Å². The number of urea groups is 1. The quantitative estimate of drug-likeness (QED) is 0.675. The Kier molecular flexibility index (Phi) is 2.74. The van der Waals surface area contributed by atoms with Gasteiger partial charge in [0.25, 0.3) is 0 Å². The summed E-state index contributed by atoms with van der Waals surface area (Å²) in [4.78, 5) is 22.0. The number of primary amides is 1. The first-order chi connectivity index (χ1) is 7.66. The number of carbonyl (C=O) groups is 2. The number of nitrogens with one attached hydrogen (secondary N) is 2. The molecule has 1 saturated heterocycles. The topological polar surface area (TPSA) is 87.5 Å². The molecule has 0 bridgehead atoms. The van der Waals surface area contributed by atoms with E-state index in [0.29, 0.717) is 18.7 Å². The predicted octanol–water partition coefficient (Wildman–Crippen LogP) is 0.418. The normalized spacial score (nSPS) is 15.2. The van der Waals surface area contributed by atoms with E-state index < -0.39 is 6.03 Å². The Morgan fingerprint density at radius 3 is 2.56 bits per heavy atom. The van der Waals surface area contributed by atoms with Gasteiger partial charge in [0.1, 0.15) is 0 Å². The maximum atomic E-state index is 11.4. The fourth-order valence-corrected chi connectivity index (χ4v) is 1.55. The maximum absolute atomic E-state index is 11.4. The average Bonchev–Trinajstić information content (AvgIpc) is 2.65. The zero-order valence-electron chi connectivity index (χ0n) is 8.56. The van der Waals surface area contributed by atoms with Gasteiger partial charge < -0.3 is 11.1 Å². The molecule has 0 saturated carbocycles. The molecule has 6 heteroatoms. The third-order valence-electron chi connectivity index (χ3n) is 2.25. The maximum Gasteiger partial charge on any atom is 0.316 e. The minimum Gasteiger partial charge on any atom is -0.351 e. The summed E-state index contributed by atoms with van der Waals surface area (Å²) in [6.07, 6.45) is 0.501. The molecule has 0 aliphatic carbocycles. The fourth-order valence-electron chi connectivity index (χ4n) is 1.55. The van der Waals surface area contributed by atoms with Crippen molar-refractivity contribution < 1.29 is 9.59 Å². The molecule has 4 N–H and O–H groups in total. The van der Waals surface area contributed by atoms with E-state index in [9.17, 15) is 9.59 Å². The number of hydrogen-bond donors (Lipinski definition) is 3. The smallest absolute Gasteiger partial charge is 0.316 e. The van der Waals surface area contributed by atoms with E-state index in [1.165, 1.54) is 5.01 Å². The third kappa shape index (κ3) is 2.12.